The summed E-state index contributed by atoms with van der Waals surface area (Å²) in [6.07, 6.45) is 5.02. The van der Waals surface area contributed by atoms with Gasteiger partial charge < -0.3 is 4.90 Å². The van der Waals surface area contributed by atoms with Gasteiger partial charge in [-0.1, -0.05) is 48.5 Å². The van der Waals surface area contributed by atoms with Crippen LogP contribution in [0.4, 0.5) is 5.69 Å². The van der Waals surface area contributed by atoms with E-state index in [1.54, 1.807) is 18.5 Å². The van der Waals surface area contributed by atoms with E-state index in [1.165, 1.54) is 9.71 Å². The fourth-order valence-corrected chi connectivity index (χ4v) is 4.51. The van der Waals surface area contributed by atoms with E-state index in [-0.39, 0.29) is 13.1 Å². The number of hydrogen-bond acceptors (Lipinski definition) is 4. The highest BCUT2D eigenvalue weighted by molar-refractivity contribution is 7.92. The van der Waals surface area contributed by atoms with Gasteiger partial charge in [0.15, 0.2) is 0 Å². The van der Waals surface area contributed by atoms with E-state index in [0.717, 1.165) is 35.5 Å². The summed E-state index contributed by atoms with van der Waals surface area (Å²) >= 11 is 0. The number of anilines is 1. The van der Waals surface area contributed by atoms with Gasteiger partial charge in [0, 0.05) is 49.7 Å². The second-order valence-corrected chi connectivity index (χ2v) is 9.04. The lowest BCUT2D eigenvalue weighted by Gasteiger charge is -2.23. The van der Waals surface area contributed by atoms with E-state index in [0.29, 0.717) is 0 Å². The zero-order valence-electron chi connectivity index (χ0n) is 18.1. The third kappa shape index (κ3) is 6.51. The van der Waals surface area contributed by atoms with Crippen LogP contribution >= 0.6 is 0 Å². The first-order chi connectivity index (χ1) is 15.0. The predicted molar refractivity (Wildman–Crippen MR) is 128 cm³/mol. The van der Waals surface area contributed by atoms with Gasteiger partial charge in [0.05, 0.1) is 0 Å². The average molecular weight is 436 g/mol. The number of sulfonamides is 1. The van der Waals surface area contributed by atoms with Crippen molar-refractivity contribution in [3.63, 3.8) is 0 Å². The van der Waals surface area contributed by atoms with Gasteiger partial charge in [0.25, 0.3) is 0 Å². The highest BCUT2D eigenvalue weighted by Crippen LogP contribution is 2.20. The van der Waals surface area contributed by atoms with Crippen molar-refractivity contribution in [2.45, 2.75) is 26.9 Å². The molecule has 5 nitrogen and oxygen atoms in total. The molecule has 0 fully saturated rings. The molecule has 0 spiro atoms. The van der Waals surface area contributed by atoms with Gasteiger partial charge in [-0.15, -0.1) is 0 Å². The Balaban J connectivity index is 1.85. The molecule has 0 radical (unpaired) electrons. The molecule has 0 aliphatic rings. The zero-order chi connectivity index (χ0) is 22.1. The molecule has 1 aromatic heterocycles. The topological polar surface area (TPSA) is 53.5 Å². The largest absolute Gasteiger partial charge is 0.372 e. The Kier molecular flexibility index (Phi) is 7.98. The van der Waals surface area contributed by atoms with Crippen LogP contribution in [0.2, 0.25) is 0 Å². The zero-order valence-corrected chi connectivity index (χ0v) is 18.9. The molecular weight excluding hydrogens is 406 g/mol. The normalized spacial score (nSPS) is 11.8. The van der Waals surface area contributed by atoms with Crippen molar-refractivity contribution in [1.82, 2.24) is 9.29 Å². The maximum atomic E-state index is 13.2. The van der Waals surface area contributed by atoms with E-state index in [2.05, 4.69) is 35.9 Å². The fourth-order valence-electron chi connectivity index (χ4n) is 3.35. The Labute approximate surface area is 185 Å². The minimum Gasteiger partial charge on any atom is -0.372 e. The van der Waals surface area contributed by atoms with E-state index in [9.17, 15) is 8.42 Å². The number of pyridine rings is 1. The monoisotopic (exact) mass is 435 g/mol. The quantitative estimate of drug-likeness (QED) is 0.453. The molecule has 0 aliphatic heterocycles. The summed E-state index contributed by atoms with van der Waals surface area (Å²) in [6.45, 7) is 6.66. The van der Waals surface area contributed by atoms with Crippen LogP contribution in [0.3, 0.4) is 0 Å². The standard InChI is InChI=1S/C25H29N3O2S/c1-3-27(4-2)25-14-12-23(13-15-25)20-28(21-24-11-8-17-26-19-24)31(29,30)18-16-22-9-6-5-7-10-22/h5-19H,3-4,20-21H2,1-2H3. The molecule has 0 saturated heterocycles. The van der Waals surface area contributed by atoms with Gasteiger partial charge >= 0.3 is 0 Å². The lowest BCUT2D eigenvalue weighted by atomic mass is 10.2. The van der Waals surface area contributed by atoms with Crippen LogP contribution in [0, 0.1) is 0 Å². The van der Waals surface area contributed by atoms with Crippen molar-refractivity contribution in [2.75, 3.05) is 18.0 Å². The van der Waals surface area contributed by atoms with Crippen LogP contribution in [-0.2, 0) is 23.1 Å². The number of aromatic nitrogens is 1. The van der Waals surface area contributed by atoms with Crippen LogP contribution < -0.4 is 4.90 Å². The van der Waals surface area contributed by atoms with Crippen LogP contribution in [-0.4, -0.2) is 30.8 Å². The number of benzene rings is 2. The lowest BCUT2D eigenvalue weighted by Crippen LogP contribution is -2.28. The highest BCUT2D eigenvalue weighted by Gasteiger charge is 2.20. The van der Waals surface area contributed by atoms with E-state index >= 15 is 0 Å². The molecule has 0 bridgehead atoms. The van der Waals surface area contributed by atoms with Crippen molar-refractivity contribution in [3.05, 3.63) is 101 Å². The fraction of sp³-hybridized carbons (Fsp3) is 0.240. The molecule has 31 heavy (non-hydrogen) atoms. The van der Waals surface area contributed by atoms with Gasteiger partial charge in [0.2, 0.25) is 10.0 Å². The first-order valence-electron chi connectivity index (χ1n) is 10.5. The molecule has 3 rings (SSSR count). The van der Waals surface area contributed by atoms with Crippen molar-refractivity contribution in [2.24, 2.45) is 0 Å². The summed E-state index contributed by atoms with van der Waals surface area (Å²) in [5.41, 5.74) is 3.77. The first-order valence-corrected chi connectivity index (χ1v) is 12.0. The Morgan fingerprint density at radius 2 is 1.52 bits per heavy atom. The summed E-state index contributed by atoms with van der Waals surface area (Å²) in [6, 6.07) is 21.2. The van der Waals surface area contributed by atoms with Gasteiger partial charge in [-0.05, 0) is 54.8 Å². The summed E-state index contributed by atoms with van der Waals surface area (Å²) in [7, 11) is -3.64. The Bertz CT molecular complexity index is 1060. The molecule has 6 heteroatoms. The Morgan fingerprint density at radius 1 is 0.839 bits per heavy atom. The summed E-state index contributed by atoms with van der Waals surface area (Å²) in [5, 5.41) is 1.28. The second kappa shape index (κ2) is 10.9. The maximum Gasteiger partial charge on any atom is 0.236 e. The Hall–Kier alpha value is -2.96. The van der Waals surface area contributed by atoms with E-state index in [4.69, 9.17) is 0 Å². The van der Waals surface area contributed by atoms with Gasteiger partial charge in [-0.2, -0.15) is 4.31 Å². The molecule has 1 heterocycles. The first kappa shape index (κ1) is 22.7. The summed E-state index contributed by atoms with van der Waals surface area (Å²) in [5.74, 6) is 0. The second-order valence-electron chi connectivity index (χ2n) is 7.23. The van der Waals surface area contributed by atoms with Crippen molar-refractivity contribution < 1.29 is 8.42 Å². The minimum atomic E-state index is -3.64. The van der Waals surface area contributed by atoms with Crippen molar-refractivity contribution in [3.8, 4) is 0 Å². The third-order valence-corrected chi connectivity index (χ3v) is 6.56. The smallest absolute Gasteiger partial charge is 0.236 e. The van der Waals surface area contributed by atoms with Crippen molar-refractivity contribution in [1.29, 1.82) is 0 Å². The molecule has 3 aromatic rings. The molecule has 2 aromatic carbocycles. The molecule has 0 unspecified atom stereocenters. The van der Waals surface area contributed by atoms with Gasteiger partial charge in [0.1, 0.15) is 0 Å². The highest BCUT2D eigenvalue weighted by atomic mass is 32.2. The maximum absolute atomic E-state index is 13.2. The van der Waals surface area contributed by atoms with E-state index in [1.807, 2.05) is 54.6 Å². The van der Waals surface area contributed by atoms with Crippen LogP contribution in [0.25, 0.3) is 6.08 Å². The summed E-state index contributed by atoms with van der Waals surface area (Å²) < 4.78 is 27.9. The minimum absolute atomic E-state index is 0.257. The Morgan fingerprint density at radius 3 is 2.13 bits per heavy atom. The molecule has 0 atom stereocenters. The number of hydrogen-bond donors (Lipinski definition) is 0. The van der Waals surface area contributed by atoms with Crippen LogP contribution in [0.1, 0.15) is 30.5 Å². The third-order valence-electron chi connectivity index (χ3n) is 5.10. The van der Waals surface area contributed by atoms with Gasteiger partial charge in [-0.3, -0.25) is 4.98 Å². The summed E-state index contributed by atoms with van der Waals surface area (Å²) in [4.78, 5) is 6.39. The molecule has 162 valence electrons. The van der Waals surface area contributed by atoms with E-state index < -0.39 is 10.0 Å². The number of rotatable bonds is 10. The number of nitrogens with zero attached hydrogens (tertiary/aromatic N) is 3. The van der Waals surface area contributed by atoms with Crippen molar-refractivity contribution >= 4 is 21.8 Å². The van der Waals surface area contributed by atoms with Crippen LogP contribution in [0.5, 0.6) is 0 Å². The molecule has 0 N–H and O–H groups in total. The van der Waals surface area contributed by atoms with Crippen LogP contribution in [0.15, 0.2) is 84.5 Å². The SMILES string of the molecule is CCN(CC)c1ccc(CN(Cc2cccnc2)S(=O)(=O)C=Cc2ccccc2)cc1. The predicted octanol–water partition coefficient (Wildman–Crippen LogP) is 4.93. The lowest BCUT2D eigenvalue weighted by molar-refractivity contribution is 0.407. The molecule has 0 amide bonds. The molecule has 0 aliphatic carbocycles. The van der Waals surface area contributed by atoms with Gasteiger partial charge in [-0.25, -0.2) is 8.42 Å². The average Bonchev–Trinajstić information content (AvgIpc) is 2.80. The molecule has 0 saturated carbocycles. The molecular formula is C25H29N3O2S.